The van der Waals surface area contributed by atoms with Crippen molar-refractivity contribution < 1.29 is 19.1 Å². The number of nitrogens with one attached hydrogen (secondary N) is 2. The number of nitrogens with zero attached hydrogens (tertiary/aromatic N) is 2. The number of aldehydes is 1. The number of halogens is 1. The number of aliphatic hydroxyl groups excluding tert-OH is 1. The summed E-state index contributed by atoms with van der Waals surface area (Å²) in [5, 5.41) is 18.3. The Labute approximate surface area is 160 Å². The van der Waals surface area contributed by atoms with E-state index in [1.807, 2.05) is 19.2 Å². The molecule has 1 unspecified atom stereocenters. The van der Waals surface area contributed by atoms with Crippen molar-refractivity contribution in [1.29, 1.82) is 0 Å². The molecule has 0 aliphatic carbocycles. The van der Waals surface area contributed by atoms with Crippen LogP contribution in [0.1, 0.15) is 6.92 Å². The third kappa shape index (κ3) is 11.5. The molecule has 0 spiro atoms. The van der Waals surface area contributed by atoms with Crippen molar-refractivity contribution in [2.24, 2.45) is 5.92 Å². The maximum Gasteiger partial charge on any atom is 0.264 e. The minimum Gasteiger partial charge on any atom is -0.504 e. The van der Waals surface area contributed by atoms with Crippen molar-refractivity contribution in [2.75, 3.05) is 33.9 Å². The molecule has 0 saturated carbocycles. The normalized spacial score (nSPS) is 14.0. The molecular formula is C19H29FN4O3. The molecule has 0 aromatic heterocycles. The van der Waals surface area contributed by atoms with Crippen LogP contribution >= 0.6 is 0 Å². The van der Waals surface area contributed by atoms with E-state index in [-0.39, 0.29) is 12.2 Å². The van der Waals surface area contributed by atoms with Crippen LogP contribution in [0.5, 0.6) is 0 Å². The summed E-state index contributed by atoms with van der Waals surface area (Å²) >= 11 is 0. The van der Waals surface area contributed by atoms with E-state index in [2.05, 4.69) is 17.2 Å². The molecule has 1 amide bonds. The average molecular weight is 380 g/mol. The summed E-state index contributed by atoms with van der Waals surface area (Å²) < 4.78 is 11.9. The molecular weight excluding hydrogens is 351 g/mol. The second-order valence-electron chi connectivity index (χ2n) is 5.79. The number of likely N-dealkylation sites (N-methyl/N-ethyl adjacent to an activating group) is 1. The highest BCUT2D eigenvalue weighted by molar-refractivity contribution is 5.91. The fraction of sp³-hybridized carbons (Fsp3) is 0.368. The van der Waals surface area contributed by atoms with Gasteiger partial charge in [0.05, 0.1) is 13.0 Å². The van der Waals surface area contributed by atoms with E-state index >= 15 is 0 Å². The molecule has 0 aromatic rings. The van der Waals surface area contributed by atoms with Gasteiger partial charge in [0.2, 0.25) is 0 Å². The van der Waals surface area contributed by atoms with Gasteiger partial charge < -0.3 is 15.7 Å². The molecule has 0 aromatic carbocycles. The summed E-state index contributed by atoms with van der Waals surface area (Å²) in [6.45, 7) is 7.37. The second kappa shape index (κ2) is 14.5. The molecule has 0 saturated heterocycles. The summed E-state index contributed by atoms with van der Waals surface area (Å²) in [5.74, 6) is -1.04. The fourth-order valence-electron chi connectivity index (χ4n) is 1.85. The number of allylic oxidation sites excluding steroid dienone is 3. The van der Waals surface area contributed by atoms with Gasteiger partial charge in [-0.05, 0) is 24.8 Å². The molecule has 0 bridgehead atoms. The maximum atomic E-state index is 11.9. The summed E-state index contributed by atoms with van der Waals surface area (Å²) in [4.78, 5) is 22.1. The predicted molar refractivity (Wildman–Crippen MR) is 105 cm³/mol. The van der Waals surface area contributed by atoms with Crippen molar-refractivity contribution in [3.8, 4) is 0 Å². The Kier molecular flexibility index (Phi) is 13.0. The van der Waals surface area contributed by atoms with Gasteiger partial charge in [-0.1, -0.05) is 18.2 Å². The van der Waals surface area contributed by atoms with Crippen molar-refractivity contribution in [3.05, 3.63) is 60.8 Å². The topological polar surface area (TPSA) is 84.9 Å². The van der Waals surface area contributed by atoms with E-state index in [0.29, 0.717) is 26.1 Å². The minimum absolute atomic E-state index is 0.101. The lowest BCUT2D eigenvalue weighted by atomic mass is 10.1. The molecule has 0 rings (SSSR count). The molecule has 0 heterocycles. The largest absolute Gasteiger partial charge is 0.504 e. The Morgan fingerprint density at radius 1 is 1.33 bits per heavy atom. The molecule has 27 heavy (non-hydrogen) atoms. The molecule has 7 nitrogen and oxygen atoms in total. The monoisotopic (exact) mass is 380 g/mol. The lowest BCUT2D eigenvalue weighted by Gasteiger charge is -2.27. The Hall–Kier alpha value is -2.71. The molecule has 8 heteroatoms. The van der Waals surface area contributed by atoms with Crippen LogP contribution in [0.25, 0.3) is 0 Å². The minimum atomic E-state index is -0.622. The number of carbonyl (C=O) groups excluding carboxylic acids is 2. The first-order valence-electron chi connectivity index (χ1n) is 8.36. The molecule has 0 fully saturated rings. The van der Waals surface area contributed by atoms with E-state index in [1.54, 1.807) is 24.2 Å². The third-order valence-corrected chi connectivity index (χ3v) is 3.52. The Morgan fingerprint density at radius 2 is 2.04 bits per heavy atom. The number of carbonyl (C=O) groups is 2. The quantitative estimate of drug-likeness (QED) is 0.0860. The van der Waals surface area contributed by atoms with Gasteiger partial charge >= 0.3 is 0 Å². The van der Waals surface area contributed by atoms with Gasteiger partial charge in [-0.15, -0.1) is 6.58 Å². The molecule has 0 aliphatic heterocycles. The van der Waals surface area contributed by atoms with Gasteiger partial charge in [0.1, 0.15) is 0 Å². The standard InChI is InChI=1S/C19H29FN4O3/c1-5-17(8-6-7-9-20)13-21-11-16(2)12-22-15-23(3)24(4)19(27)10-18(26)14-25/h5-10,12,14,17,21-22,26H,1,11,13,15H2,2-4H3/b8-6?,9-7+,16-12+,18-10-. The number of aliphatic hydroxyl groups is 1. The Balaban J connectivity index is 4.29. The highest BCUT2D eigenvalue weighted by Gasteiger charge is 2.11. The first-order chi connectivity index (χ1) is 12.8. The van der Waals surface area contributed by atoms with Crippen LogP contribution in [0.15, 0.2) is 60.8 Å². The van der Waals surface area contributed by atoms with Gasteiger partial charge in [-0.2, -0.15) is 0 Å². The second-order valence-corrected chi connectivity index (χ2v) is 5.79. The first-order valence-corrected chi connectivity index (χ1v) is 8.36. The molecule has 3 N–H and O–H groups in total. The van der Waals surface area contributed by atoms with Crippen LogP contribution in [0.4, 0.5) is 4.39 Å². The lowest BCUT2D eigenvalue weighted by Crippen LogP contribution is -2.44. The van der Waals surface area contributed by atoms with Gasteiger partial charge in [0.15, 0.2) is 12.0 Å². The van der Waals surface area contributed by atoms with E-state index in [0.717, 1.165) is 11.6 Å². The summed E-state index contributed by atoms with van der Waals surface area (Å²) in [5.41, 5.74) is 1.05. The number of hydrazine groups is 1. The third-order valence-electron chi connectivity index (χ3n) is 3.52. The number of amides is 1. The van der Waals surface area contributed by atoms with E-state index in [4.69, 9.17) is 5.11 Å². The lowest BCUT2D eigenvalue weighted by molar-refractivity contribution is -0.138. The smallest absolute Gasteiger partial charge is 0.264 e. The first kappa shape index (κ1) is 24.3. The van der Waals surface area contributed by atoms with Crippen LogP contribution in [0.2, 0.25) is 0 Å². The number of rotatable bonds is 13. The van der Waals surface area contributed by atoms with E-state index < -0.39 is 11.7 Å². The van der Waals surface area contributed by atoms with Crippen molar-refractivity contribution in [1.82, 2.24) is 20.7 Å². The average Bonchev–Trinajstić information content (AvgIpc) is 2.65. The van der Waals surface area contributed by atoms with Gasteiger partial charge in [-0.25, -0.2) is 9.40 Å². The van der Waals surface area contributed by atoms with Crippen molar-refractivity contribution >= 4 is 12.2 Å². The van der Waals surface area contributed by atoms with Crippen LogP contribution in [0, 0.1) is 5.92 Å². The fourth-order valence-corrected chi connectivity index (χ4v) is 1.85. The molecule has 1 atom stereocenters. The number of hydrogen-bond donors (Lipinski definition) is 3. The van der Waals surface area contributed by atoms with Gasteiger partial charge in [0.25, 0.3) is 5.91 Å². The predicted octanol–water partition coefficient (Wildman–Crippen LogP) is 1.81. The summed E-state index contributed by atoms with van der Waals surface area (Å²) in [7, 11) is 3.21. The van der Waals surface area contributed by atoms with Crippen LogP contribution in [0.3, 0.4) is 0 Å². The Bertz CT molecular complexity index is 600. The zero-order valence-electron chi connectivity index (χ0n) is 16.1. The van der Waals surface area contributed by atoms with E-state index in [9.17, 15) is 14.0 Å². The summed E-state index contributed by atoms with van der Waals surface area (Å²) in [6.07, 6.45) is 9.94. The zero-order valence-corrected chi connectivity index (χ0v) is 16.1. The van der Waals surface area contributed by atoms with E-state index in [1.165, 1.54) is 18.1 Å². The molecule has 0 radical (unpaired) electrons. The van der Waals surface area contributed by atoms with Crippen LogP contribution in [-0.4, -0.2) is 61.2 Å². The van der Waals surface area contributed by atoms with Crippen LogP contribution < -0.4 is 10.6 Å². The van der Waals surface area contributed by atoms with Gasteiger partial charge in [-0.3, -0.25) is 14.6 Å². The zero-order chi connectivity index (χ0) is 20.7. The highest BCUT2D eigenvalue weighted by Crippen LogP contribution is 2.00. The molecule has 0 aliphatic rings. The highest BCUT2D eigenvalue weighted by atomic mass is 19.1. The number of hydrogen-bond acceptors (Lipinski definition) is 6. The summed E-state index contributed by atoms with van der Waals surface area (Å²) in [6, 6.07) is 0. The maximum absolute atomic E-state index is 11.9. The Morgan fingerprint density at radius 3 is 2.63 bits per heavy atom. The van der Waals surface area contributed by atoms with Crippen molar-refractivity contribution in [2.45, 2.75) is 6.92 Å². The van der Waals surface area contributed by atoms with Crippen LogP contribution in [-0.2, 0) is 9.59 Å². The molecule has 150 valence electrons. The van der Waals surface area contributed by atoms with Gasteiger partial charge in [0, 0.05) is 39.2 Å². The van der Waals surface area contributed by atoms with Crippen molar-refractivity contribution in [3.63, 3.8) is 0 Å². The SMILES string of the molecule is C=CC(C=C/C=C/F)CNC/C(C)=C/NCN(C)N(C)C(=O)/C=C(\O)C=O.